The predicted octanol–water partition coefficient (Wildman–Crippen LogP) is 0.250. The molecule has 10 heavy (non-hydrogen) atoms. The van der Waals surface area contributed by atoms with E-state index < -0.39 is 0 Å². The summed E-state index contributed by atoms with van der Waals surface area (Å²) < 4.78 is 0. The Balaban J connectivity index is 0.000000810. The zero-order chi connectivity index (χ0) is 6.85. The van der Waals surface area contributed by atoms with Crippen molar-refractivity contribution in [2.75, 3.05) is 17.2 Å². The summed E-state index contributed by atoms with van der Waals surface area (Å²) in [5, 5.41) is 0. The fourth-order valence-corrected chi connectivity index (χ4v) is 0.505. The Morgan fingerprint density at radius 3 is 2.20 bits per heavy atom. The maximum atomic E-state index is 5.38. The quantitative estimate of drug-likeness (QED) is 0.508. The average molecular weight is 161 g/mol. The Morgan fingerprint density at radius 2 is 1.80 bits per heavy atom. The van der Waals surface area contributed by atoms with Gasteiger partial charge in [0.1, 0.15) is 5.82 Å². The Morgan fingerprint density at radius 1 is 1.20 bits per heavy atom. The van der Waals surface area contributed by atoms with Crippen molar-refractivity contribution >= 4 is 29.6 Å². The molecule has 0 aliphatic carbocycles. The molecular formula is C5H9ClN4. The van der Waals surface area contributed by atoms with E-state index >= 15 is 0 Å². The summed E-state index contributed by atoms with van der Waals surface area (Å²) in [7, 11) is 0. The molecule has 0 aliphatic heterocycles. The second-order valence-corrected chi connectivity index (χ2v) is 1.70. The Kier molecular flexibility index (Phi) is 2.76. The van der Waals surface area contributed by atoms with Crippen LogP contribution < -0.4 is 17.2 Å². The molecule has 0 saturated heterocycles. The van der Waals surface area contributed by atoms with Crippen molar-refractivity contribution in [3.05, 3.63) is 12.3 Å². The monoisotopic (exact) mass is 160 g/mol. The molecule has 1 heterocycles. The van der Waals surface area contributed by atoms with Crippen LogP contribution >= 0.6 is 12.4 Å². The van der Waals surface area contributed by atoms with Crippen LogP contribution in [0.15, 0.2) is 12.3 Å². The number of rotatable bonds is 0. The van der Waals surface area contributed by atoms with E-state index in [0.717, 1.165) is 0 Å². The number of nitrogens with zero attached hydrogens (tertiary/aromatic N) is 1. The summed E-state index contributed by atoms with van der Waals surface area (Å²) in [5.74, 6) is 0.287. The maximum Gasteiger partial charge on any atom is 0.148 e. The van der Waals surface area contributed by atoms with Crippen LogP contribution in [0.5, 0.6) is 0 Å². The fraction of sp³-hybridized carbons (Fsp3) is 0. The molecule has 1 rings (SSSR count). The van der Waals surface area contributed by atoms with Crippen LogP contribution in [0.4, 0.5) is 17.2 Å². The Bertz CT molecular complexity index is 205. The van der Waals surface area contributed by atoms with Gasteiger partial charge in [0.05, 0.1) is 11.4 Å². The highest BCUT2D eigenvalue weighted by atomic mass is 35.5. The number of pyridine rings is 1. The van der Waals surface area contributed by atoms with Gasteiger partial charge in [-0.1, -0.05) is 0 Å². The van der Waals surface area contributed by atoms with Crippen LogP contribution in [-0.4, -0.2) is 4.98 Å². The highest BCUT2D eigenvalue weighted by Gasteiger charge is 1.96. The molecule has 6 N–H and O–H groups in total. The van der Waals surface area contributed by atoms with Crippen LogP contribution in [-0.2, 0) is 0 Å². The summed E-state index contributed by atoms with van der Waals surface area (Å²) in [6.07, 6.45) is 1.51. The normalized spacial score (nSPS) is 8.40. The molecule has 0 bridgehead atoms. The third kappa shape index (κ3) is 1.41. The van der Waals surface area contributed by atoms with Crippen molar-refractivity contribution in [2.24, 2.45) is 0 Å². The van der Waals surface area contributed by atoms with Crippen LogP contribution in [0.25, 0.3) is 0 Å². The van der Waals surface area contributed by atoms with Gasteiger partial charge in [0, 0.05) is 6.20 Å². The maximum absolute atomic E-state index is 5.38. The van der Waals surface area contributed by atoms with Gasteiger partial charge in [0.25, 0.3) is 0 Å². The second kappa shape index (κ2) is 3.12. The number of hydrogen-bond acceptors (Lipinski definition) is 4. The van der Waals surface area contributed by atoms with Crippen LogP contribution in [0.3, 0.4) is 0 Å². The molecule has 0 unspecified atom stereocenters. The third-order valence-electron chi connectivity index (χ3n) is 1.05. The van der Waals surface area contributed by atoms with E-state index in [9.17, 15) is 0 Å². The molecule has 56 valence electrons. The molecular weight excluding hydrogens is 152 g/mol. The second-order valence-electron chi connectivity index (χ2n) is 1.70. The Labute approximate surface area is 64.8 Å². The van der Waals surface area contributed by atoms with Crippen molar-refractivity contribution in [2.45, 2.75) is 0 Å². The largest absolute Gasteiger partial charge is 0.397 e. The lowest BCUT2D eigenvalue weighted by Crippen LogP contribution is -2.01. The molecule has 0 amide bonds. The summed E-state index contributed by atoms with van der Waals surface area (Å²) in [4.78, 5) is 3.71. The van der Waals surface area contributed by atoms with Crippen LogP contribution in [0.2, 0.25) is 0 Å². The van der Waals surface area contributed by atoms with Gasteiger partial charge in [-0.3, -0.25) is 0 Å². The smallest absolute Gasteiger partial charge is 0.148 e. The Hall–Kier alpha value is -1.16. The number of halogens is 1. The highest BCUT2D eigenvalue weighted by molar-refractivity contribution is 5.85. The van der Waals surface area contributed by atoms with Gasteiger partial charge in [0.15, 0.2) is 0 Å². The van der Waals surface area contributed by atoms with Gasteiger partial charge in [-0.25, -0.2) is 4.98 Å². The van der Waals surface area contributed by atoms with E-state index in [1.54, 1.807) is 6.07 Å². The standard InChI is InChI=1S/C5H8N4.ClH/c6-3-1-2-9-5(8)4(3)7;/h1-2H,7H2,(H4,6,8,9);1H. The molecule has 0 atom stereocenters. The van der Waals surface area contributed by atoms with Gasteiger partial charge in [-0.15, -0.1) is 12.4 Å². The lowest BCUT2D eigenvalue weighted by Gasteiger charge is -1.99. The van der Waals surface area contributed by atoms with Crippen molar-refractivity contribution in [3.63, 3.8) is 0 Å². The topological polar surface area (TPSA) is 90.9 Å². The van der Waals surface area contributed by atoms with Gasteiger partial charge in [0.2, 0.25) is 0 Å². The average Bonchev–Trinajstić information content (AvgIpc) is 1.83. The van der Waals surface area contributed by atoms with Crippen molar-refractivity contribution in [1.29, 1.82) is 0 Å². The first-order chi connectivity index (χ1) is 4.22. The SMILES string of the molecule is Cl.Nc1ccnc(N)c1N. The number of nitrogens with two attached hydrogens (primary N) is 3. The first-order valence-corrected chi connectivity index (χ1v) is 2.47. The zero-order valence-electron chi connectivity index (χ0n) is 5.24. The molecule has 5 heteroatoms. The minimum Gasteiger partial charge on any atom is -0.397 e. The molecule has 0 aromatic carbocycles. The number of nitrogen functional groups attached to an aromatic ring is 3. The van der Waals surface area contributed by atoms with E-state index in [2.05, 4.69) is 4.98 Å². The lowest BCUT2D eigenvalue weighted by molar-refractivity contribution is 1.34. The van der Waals surface area contributed by atoms with Gasteiger partial charge < -0.3 is 17.2 Å². The van der Waals surface area contributed by atoms with E-state index in [1.165, 1.54) is 6.20 Å². The molecule has 0 spiro atoms. The minimum atomic E-state index is 0. The summed E-state index contributed by atoms with van der Waals surface area (Å²) in [6, 6.07) is 1.60. The third-order valence-corrected chi connectivity index (χ3v) is 1.05. The van der Waals surface area contributed by atoms with Crippen molar-refractivity contribution in [1.82, 2.24) is 4.98 Å². The predicted molar refractivity (Wildman–Crippen MR) is 44.7 cm³/mol. The lowest BCUT2D eigenvalue weighted by atomic mass is 10.3. The van der Waals surface area contributed by atoms with Crippen molar-refractivity contribution in [3.8, 4) is 0 Å². The van der Waals surface area contributed by atoms with Crippen LogP contribution in [0, 0.1) is 0 Å². The molecule has 0 saturated carbocycles. The van der Waals surface area contributed by atoms with Crippen LogP contribution in [0.1, 0.15) is 0 Å². The molecule has 0 aliphatic rings. The number of hydrogen-bond donors (Lipinski definition) is 3. The summed E-state index contributed by atoms with van der Waals surface area (Å²) >= 11 is 0. The van der Waals surface area contributed by atoms with Gasteiger partial charge >= 0.3 is 0 Å². The minimum absolute atomic E-state index is 0. The van der Waals surface area contributed by atoms with E-state index in [4.69, 9.17) is 17.2 Å². The zero-order valence-corrected chi connectivity index (χ0v) is 6.06. The van der Waals surface area contributed by atoms with Gasteiger partial charge in [-0.05, 0) is 6.07 Å². The number of aromatic nitrogens is 1. The first kappa shape index (κ1) is 8.84. The number of anilines is 3. The summed E-state index contributed by atoms with van der Waals surface area (Å²) in [5.41, 5.74) is 16.9. The molecule has 0 fully saturated rings. The molecule has 1 aromatic heterocycles. The van der Waals surface area contributed by atoms with E-state index in [1.807, 2.05) is 0 Å². The summed E-state index contributed by atoms with van der Waals surface area (Å²) in [6.45, 7) is 0. The fourth-order valence-electron chi connectivity index (χ4n) is 0.505. The molecule has 1 aromatic rings. The van der Waals surface area contributed by atoms with E-state index in [-0.39, 0.29) is 18.2 Å². The van der Waals surface area contributed by atoms with Crippen molar-refractivity contribution < 1.29 is 0 Å². The highest BCUT2D eigenvalue weighted by Crippen LogP contribution is 2.17. The molecule has 0 radical (unpaired) electrons. The first-order valence-electron chi connectivity index (χ1n) is 2.47. The van der Waals surface area contributed by atoms with Gasteiger partial charge in [-0.2, -0.15) is 0 Å². The van der Waals surface area contributed by atoms with E-state index in [0.29, 0.717) is 11.4 Å². The molecule has 4 nitrogen and oxygen atoms in total.